The van der Waals surface area contributed by atoms with Crippen LogP contribution in [0, 0.1) is 23.7 Å². The van der Waals surface area contributed by atoms with Crippen LogP contribution in [0.4, 0.5) is 17.6 Å². The highest BCUT2D eigenvalue weighted by molar-refractivity contribution is 5.88. The van der Waals surface area contributed by atoms with E-state index in [2.05, 4.69) is 11.3 Å². The summed E-state index contributed by atoms with van der Waals surface area (Å²) >= 11 is 0. The highest BCUT2D eigenvalue weighted by Crippen LogP contribution is 2.59. The topological polar surface area (TPSA) is 78.9 Å². The molecular weight excluding hydrogens is 364 g/mol. The maximum atomic E-state index is 13.0. The zero-order valence-electron chi connectivity index (χ0n) is 13.6. The molecule has 0 radical (unpaired) electrons. The Kier molecular flexibility index (Phi) is 4.48. The fourth-order valence-electron chi connectivity index (χ4n) is 4.02. The van der Waals surface area contributed by atoms with E-state index in [0.717, 1.165) is 0 Å². The molecule has 2 bridgehead atoms. The van der Waals surface area contributed by atoms with Gasteiger partial charge in [-0.15, -0.1) is 0 Å². The Bertz CT molecular complexity index is 663. The molecule has 2 saturated carbocycles. The molecule has 2 aliphatic carbocycles. The van der Waals surface area contributed by atoms with Crippen LogP contribution < -0.4 is 0 Å². The van der Waals surface area contributed by atoms with E-state index in [1.165, 1.54) is 6.92 Å². The first kappa shape index (κ1) is 18.7. The Morgan fingerprint density at radius 3 is 2.58 bits per heavy atom. The molecule has 0 aromatic rings. The Morgan fingerprint density at radius 1 is 1.35 bits per heavy atom. The first-order chi connectivity index (χ1) is 12.0. The number of hydrogen-bond donors (Lipinski definition) is 0. The predicted octanol–water partition coefficient (Wildman–Crippen LogP) is 1.73. The van der Waals surface area contributed by atoms with Crippen LogP contribution in [0.25, 0.3) is 0 Å². The second kappa shape index (κ2) is 6.24. The molecule has 144 valence electrons. The minimum absolute atomic E-state index is 0.101. The highest BCUT2D eigenvalue weighted by atomic mass is 19.3. The van der Waals surface area contributed by atoms with Crippen molar-refractivity contribution in [3.05, 3.63) is 12.2 Å². The van der Waals surface area contributed by atoms with Gasteiger partial charge in [-0.05, 0) is 13.3 Å². The van der Waals surface area contributed by atoms with Gasteiger partial charge in [0.2, 0.25) is 0 Å². The van der Waals surface area contributed by atoms with Gasteiger partial charge in [-0.25, -0.2) is 13.6 Å². The van der Waals surface area contributed by atoms with Gasteiger partial charge in [-0.3, -0.25) is 9.59 Å². The number of fused-ring (bicyclic) bond motifs is 1. The van der Waals surface area contributed by atoms with E-state index in [-0.39, 0.29) is 5.57 Å². The molecule has 10 heteroatoms. The lowest BCUT2D eigenvalue weighted by Gasteiger charge is -2.30. The molecule has 6 atom stereocenters. The standard InChI is InChI=1S/C16H16F4O6/c1-5(2)12(21)25-10-6-3-7-9(14(23)26-11(7)10)8(6)13(22)24-4-16(19,20)15(17)18/h6-11,15H,1,3-4H2,2H3. The van der Waals surface area contributed by atoms with E-state index in [1.54, 1.807) is 0 Å². The molecular formula is C16H16F4O6. The molecule has 1 saturated heterocycles. The smallest absolute Gasteiger partial charge is 0.340 e. The van der Waals surface area contributed by atoms with Crippen molar-refractivity contribution >= 4 is 17.9 Å². The molecule has 0 aromatic heterocycles. The molecule has 6 nitrogen and oxygen atoms in total. The lowest BCUT2D eigenvalue weighted by atomic mass is 9.78. The van der Waals surface area contributed by atoms with Crippen LogP contribution in [0.2, 0.25) is 0 Å². The average molecular weight is 380 g/mol. The van der Waals surface area contributed by atoms with Gasteiger partial charge >= 0.3 is 30.3 Å². The summed E-state index contributed by atoms with van der Waals surface area (Å²) in [5.41, 5.74) is 0.101. The molecule has 0 aromatic carbocycles. The fraction of sp³-hybridized carbons (Fsp3) is 0.688. The van der Waals surface area contributed by atoms with E-state index in [0.29, 0.717) is 6.42 Å². The Hall–Kier alpha value is -2.13. The second-order valence-corrected chi connectivity index (χ2v) is 6.84. The molecule has 0 spiro atoms. The van der Waals surface area contributed by atoms with Crippen molar-refractivity contribution in [1.29, 1.82) is 0 Å². The van der Waals surface area contributed by atoms with Crippen LogP contribution in [0.3, 0.4) is 0 Å². The van der Waals surface area contributed by atoms with E-state index >= 15 is 0 Å². The minimum Gasteiger partial charge on any atom is -0.459 e. The van der Waals surface area contributed by atoms with E-state index in [1.807, 2.05) is 0 Å². The maximum absolute atomic E-state index is 13.0. The Morgan fingerprint density at radius 2 is 2.00 bits per heavy atom. The van der Waals surface area contributed by atoms with Crippen LogP contribution in [0.1, 0.15) is 13.3 Å². The number of carbonyl (C=O) groups is 3. The summed E-state index contributed by atoms with van der Waals surface area (Å²) in [5.74, 6) is -10.3. The SMILES string of the molecule is C=C(C)C(=O)OC1C2CC3C1OC(=O)C3C2C(=O)OCC(F)(F)C(F)F. The monoisotopic (exact) mass is 380 g/mol. The number of hydrogen-bond acceptors (Lipinski definition) is 6. The number of alkyl halides is 4. The third-order valence-corrected chi connectivity index (χ3v) is 5.14. The van der Waals surface area contributed by atoms with Gasteiger partial charge in [-0.1, -0.05) is 6.58 Å². The van der Waals surface area contributed by atoms with Crippen molar-refractivity contribution < 1.29 is 46.2 Å². The molecule has 3 rings (SSSR count). The summed E-state index contributed by atoms with van der Waals surface area (Å²) in [6, 6.07) is 0. The Balaban J connectivity index is 1.75. The van der Waals surface area contributed by atoms with Crippen LogP contribution in [-0.4, -0.2) is 49.1 Å². The van der Waals surface area contributed by atoms with Crippen molar-refractivity contribution in [2.45, 2.75) is 37.9 Å². The summed E-state index contributed by atoms with van der Waals surface area (Å²) in [7, 11) is 0. The van der Waals surface area contributed by atoms with Gasteiger partial charge in [0, 0.05) is 17.4 Å². The summed E-state index contributed by atoms with van der Waals surface area (Å²) < 4.78 is 65.2. The number of ether oxygens (including phenoxy) is 3. The second-order valence-electron chi connectivity index (χ2n) is 6.84. The third kappa shape index (κ3) is 2.84. The summed E-state index contributed by atoms with van der Waals surface area (Å²) in [5, 5.41) is 0. The van der Waals surface area contributed by atoms with Crippen LogP contribution in [-0.2, 0) is 28.6 Å². The van der Waals surface area contributed by atoms with Crippen molar-refractivity contribution in [1.82, 2.24) is 0 Å². The lowest BCUT2D eigenvalue weighted by Crippen LogP contribution is -2.44. The molecule has 0 N–H and O–H groups in total. The first-order valence-corrected chi connectivity index (χ1v) is 7.94. The molecule has 26 heavy (non-hydrogen) atoms. The quantitative estimate of drug-likeness (QED) is 0.302. The van der Waals surface area contributed by atoms with Gasteiger partial charge in [0.25, 0.3) is 0 Å². The summed E-state index contributed by atoms with van der Waals surface area (Å²) in [6.07, 6.45) is -5.33. The summed E-state index contributed by atoms with van der Waals surface area (Å²) in [4.78, 5) is 36.0. The summed E-state index contributed by atoms with van der Waals surface area (Å²) in [6.45, 7) is 3.06. The molecule has 3 aliphatic rings. The van der Waals surface area contributed by atoms with Crippen molar-refractivity contribution in [3.63, 3.8) is 0 Å². The molecule has 1 aliphatic heterocycles. The average Bonchev–Trinajstić information content (AvgIpc) is 3.15. The molecule has 6 unspecified atom stereocenters. The molecule has 3 fully saturated rings. The number of carbonyl (C=O) groups excluding carboxylic acids is 3. The largest absolute Gasteiger partial charge is 0.459 e. The van der Waals surface area contributed by atoms with Crippen molar-refractivity contribution in [2.24, 2.45) is 23.7 Å². The van der Waals surface area contributed by atoms with Gasteiger partial charge in [0.1, 0.15) is 12.2 Å². The number of esters is 3. The van der Waals surface area contributed by atoms with Crippen molar-refractivity contribution in [3.8, 4) is 0 Å². The minimum atomic E-state index is -4.49. The maximum Gasteiger partial charge on any atom is 0.340 e. The molecule has 1 heterocycles. The van der Waals surface area contributed by atoms with Gasteiger partial charge in [-0.2, -0.15) is 8.78 Å². The van der Waals surface area contributed by atoms with E-state index in [4.69, 9.17) is 9.47 Å². The van der Waals surface area contributed by atoms with Gasteiger partial charge in [0.05, 0.1) is 11.8 Å². The number of rotatable bonds is 6. The van der Waals surface area contributed by atoms with Crippen LogP contribution in [0.15, 0.2) is 12.2 Å². The fourth-order valence-corrected chi connectivity index (χ4v) is 4.02. The zero-order chi connectivity index (χ0) is 19.4. The van der Waals surface area contributed by atoms with Gasteiger partial charge in [0.15, 0.2) is 6.61 Å². The van der Waals surface area contributed by atoms with Crippen LogP contribution in [0.5, 0.6) is 0 Å². The highest BCUT2D eigenvalue weighted by Gasteiger charge is 2.70. The first-order valence-electron chi connectivity index (χ1n) is 7.94. The Labute approximate surface area is 145 Å². The zero-order valence-corrected chi connectivity index (χ0v) is 13.6. The van der Waals surface area contributed by atoms with Crippen LogP contribution >= 0.6 is 0 Å². The van der Waals surface area contributed by atoms with Gasteiger partial charge < -0.3 is 14.2 Å². The third-order valence-electron chi connectivity index (χ3n) is 5.14. The number of halogens is 4. The van der Waals surface area contributed by atoms with Crippen molar-refractivity contribution in [2.75, 3.05) is 6.61 Å². The lowest BCUT2D eigenvalue weighted by molar-refractivity contribution is -0.187. The predicted molar refractivity (Wildman–Crippen MR) is 75.1 cm³/mol. The molecule has 0 amide bonds. The van der Waals surface area contributed by atoms with E-state index < -0.39 is 72.7 Å². The normalized spacial score (nSPS) is 34.8. The van der Waals surface area contributed by atoms with E-state index in [9.17, 15) is 31.9 Å².